The van der Waals surface area contributed by atoms with E-state index in [0.29, 0.717) is 6.42 Å². The Morgan fingerprint density at radius 2 is 2.07 bits per heavy atom. The molecule has 1 amide bonds. The predicted molar refractivity (Wildman–Crippen MR) is 57.6 cm³/mol. The lowest BCUT2D eigenvalue weighted by molar-refractivity contribution is 0.0451. The molecule has 2 N–H and O–H groups in total. The molecule has 1 fully saturated rings. The van der Waals surface area contributed by atoms with Gasteiger partial charge in [-0.05, 0) is 46.5 Å². The number of hydrogen-bond acceptors (Lipinski definition) is 3. The van der Waals surface area contributed by atoms with Gasteiger partial charge in [-0.15, -0.1) is 0 Å². The van der Waals surface area contributed by atoms with Gasteiger partial charge in [0.05, 0.1) is 6.10 Å². The molecule has 1 aliphatic rings. The highest BCUT2D eigenvalue weighted by Gasteiger charge is 2.24. The molecule has 4 heteroatoms. The number of carbonyl (C=O) groups excluding carboxylic acids is 1. The van der Waals surface area contributed by atoms with Crippen LogP contribution in [0.1, 0.15) is 46.5 Å². The molecule has 0 aliphatic heterocycles. The molecule has 0 aromatic rings. The number of nitrogens with one attached hydrogen (secondary N) is 1. The first kappa shape index (κ1) is 12.3. The van der Waals surface area contributed by atoms with E-state index in [1.807, 2.05) is 20.8 Å². The van der Waals surface area contributed by atoms with Crippen LogP contribution in [0.5, 0.6) is 0 Å². The van der Waals surface area contributed by atoms with Crippen LogP contribution in [-0.2, 0) is 4.74 Å². The Bertz CT molecular complexity index is 222. The van der Waals surface area contributed by atoms with Crippen LogP contribution in [0.2, 0.25) is 0 Å². The highest BCUT2D eigenvalue weighted by Crippen LogP contribution is 2.18. The van der Waals surface area contributed by atoms with Gasteiger partial charge in [0.2, 0.25) is 0 Å². The molecule has 0 bridgehead atoms. The van der Waals surface area contributed by atoms with Gasteiger partial charge in [0.1, 0.15) is 5.60 Å². The van der Waals surface area contributed by atoms with E-state index in [1.54, 1.807) is 0 Å². The second kappa shape index (κ2) is 4.84. The molecular weight excluding hydrogens is 194 g/mol. The van der Waals surface area contributed by atoms with E-state index < -0.39 is 5.60 Å². The van der Waals surface area contributed by atoms with Crippen molar-refractivity contribution in [3.05, 3.63) is 0 Å². The van der Waals surface area contributed by atoms with Crippen molar-refractivity contribution >= 4 is 6.09 Å². The van der Waals surface area contributed by atoms with E-state index in [4.69, 9.17) is 4.74 Å². The van der Waals surface area contributed by atoms with Gasteiger partial charge in [0.25, 0.3) is 0 Å². The third-order valence-electron chi connectivity index (χ3n) is 2.37. The first-order chi connectivity index (χ1) is 6.87. The number of rotatable bonds is 1. The SMILES string of the molecule is CC(C)(C)OC(=O)N[C@@H]1CCC[C@H](O)C1. The molecular formula is C11H21NO3. The van der Waals surface area contributed by atoms with E-state index in [2.05, 4.69) is 5.32 Å². The highest BCUT2D eigenvalue weighted by atomic mass is 16.6. The summed E-state index contributed by atoms with van der Waals surface area (Å²) in [6, 6.07) is 0.0589. The molecule has 1 saturated carbocycles. The molecule has 0 heterocycles. The lowest BCUT2D eigenvalue weighted by Gasteiger charge is -2.28. The first-order valence-electron chi connectivity index (χ1n) is 5.54. The second-order valence-corrected chi connectivity index (χ2v) is 5.16. The summed E-state index contributed by atoms with van der Waals surface area (Å²) in [5.41, 5.74) is -0.461. The molecule has 1 rings (SSSR count). The minimum atomic E-state index is -0.461. The maximum absolute atomic E-state index is 11.4. The number of aliphatic hydroxyl groups excluding tert-OH is 1. The van der Waals surface area contributed by atoms with E-state index in [9.17, 15) is 9.90 Å². The summed E-state index contributed by atoms with van der Waals surface area (Å²) in [6.07, 6.45) is 2.70. The zero-order valence-electron chi connectivity index (χ0n) is 9.75. The predicted octanol–water partition coefficient (Wildman–Crippen LogP) is 1.81. The lowest BCUT2D eigenvalue weighted by atomic mass is 9.93. The van der Waals surface area contributed by atoms with Gasteiger partial charge in [0, 0.05) is 6.04 Å². The van der Waals surface area contributed by atoms with E-state index in [0.717, 1.165) is 19.3 Å². The van der Waals surface area contributed by atoms with Crippen molar-refractivity contribution in [2.75, 3.05) is 0 Å². The highest BCUT2D eigenvalue weighted by molar-refractivity contribution is 5.68. The lowest BCUT2D eigenvalue weighted by Crippen LogP contribution is -2.42. The van der Waals surface area contributed by atoms with Crippen molar-refractivity contribution in [3.8, 4) is 0 Å². The van der Waals surface area contributed by atoms with Crippen molar-refractivity contribution in [1.29, 1.82) is 0 Å². The number of carbonyl (C=O) groups is 1. The van der Waals surface area contributed by atoms with E-state index in [-0.39, 0.29) is 18.2 Å². The topological polar surface area (TPSA) is 58.6 Å². The standard InChI is InChI=1S/C11H21NO3/c1-11(2,3)15-10(14)12-8-5-4-6-9(13)7-8/h8-9,13H,4-7H2,1-3H3,(H,12,14)/t8-,9+/m1/s1. The third-order valence-corrected chi connectivity index (χ3v) is 2.37. The van der Waals surface area contributed by atoms with Gasteiger partial charge in [0.15, 0.2) is 0 Å². The van der Waals surface area contributed by atoms with Crippen LogP contribution >= 0.6 is 0 Å². The van der Waals surface area contributed by atoms with Crippen LogP contribution in [-0.4, -0.2) is 28.9 Å². The van der Waals surface area contributed by atoms with Gasteiger partial charge in [-0.1, -0.05) is 0 Å². The van der Waals surface area contributed by atoms with E-state index in [1.165, 1.54) is 0 Å². The number of ether oxygens (including phenoxy) is 1. The largest absolute Gasteiger partial charge is 0.444 e. The van der Waals surface area contributed by atoms with Gasteiger partial charge in [-0.25, -0.2) is 4.79 Å². The summed E-state index contributed by atoms with van der Waals surface area (Å²) in [6.45, 7) is 5.51. The summed E-state index contributed by atoms with van der Waals surface area (Å²) in [5.74, 6) is 0. The molecule has 2 atom stereocenters. The van der Waals surface area contributed by atoms with Gasteiger partial charge in [-0.2, -0.15) is 0 Å². The fraction of sp³-hybridized carbons (Fsp3) is 0.909. The smallest absolute Gasteiger partial charge is 0.407 e. The summed E-state index contributed by atoms with van der Waals surface area (Å²) in [4.78, 5) is 11.4. The summed E-state index contributed by atoms with van der Waals surface area (Å²) < 4.78 is 5.14. The Labute approximate surface area is 91.0 Å². The van der Waals surface area contributed by atoms with Crippen LogP contribution in [0, 0.1) is 0 Å². The molecule has 0 aromatic heterocycles. The molecule has 4 nitrogen and oxygen atoms in total. The first-order valence-corrected chi connectivity index (χ1v) is 5.54. The maximum Gasteiger partial charge on any atom is 0.407 e. The monoisotopic (exact) mass is 215 g/mol. The van der Waals surface area contributed by atoms with Crippen molar-refractivity contribution in [2.24, 2.45) is 0 Å². The number of aliphatic hydroxyl groups is 1. The van der Waals surface area contributed by atoms with Gasteiger partial charge in [-0.3, -0.25) is 0 Å². The number of hydrogen-bond donors (Lipinski definition) is 2. The Balaban J connectivity index is 2.31. The molecule has 15 heavy (non-hydrogen) atoms. The Hall–Kier alpha value is -0.770. The Kier molecular flexibility index (Phi) is 3.97. The number of amides is 1. The minimum Gasteiger partial charge on any atom is -0.444 e. The molecule has 88 valence electrons. The van der Waals surface area contributed by atoms with Crippen molar-refractivity contribution < 1.29 is 14.6 Å². The summed E-state index contributed by atoms with van der Waals surface area (Å²) in [7, 11) is 0. The van der Waals surface area contributed by atoms with Crippen LogP contribution in [0.3, 0.4) is 0 Å². The summed E-state index contributed by atoms with van der Waals surface area (Å²) in [5, 5.41) is 12.2. The van der Waals surface area contributed by atoms with Crippen molar-refractivity contribution in [1.82, 2.24) is 5.32 Å². The van der Waals surface area contributed by atoms with Crippen LogP contribution in [0.15, 0.2) is 0 Å². The Morgan fingerprint density at radius 3 is 2.60 bits per heavy atom. The summed E-state index contributed by atoms with van der Waals surface area (Å²) >= 11 is 0. The zero-order valence-corrected chi connectivity index (χ0v) is 9.75. The van der Waals surface area contributed by atoms with Crippen molar-refractivity contribution in [2.45, 2.75) is 64.2 Å². The fourth-order valence-electron chi connectivity index (χ4n) is 1.77. The van der Waals surface area contributed by atoms with Crippen LogP contribution < -0.4 is 5.32 Å². The van der Waals surface area contributed by atoms with Crippen LogP contribution in [0.25, 0.3) is 0 Å². The van der Waals surface area contributed by atoms with Gasteiger partial charge >= 0.3 is 6.09 Å². The average Bonchev–Trinajstić information content (AvgIpc) is 1.99. The fourth-order valence-corrected chi connectivity index (χ4v) is 1.77. The van der Waals surface area contributed by atoms with Crippen LogP contribution in [0.4, 0.5) is 4.79 Å². The van der Waals surface area contributed by atoms with Gasteiger partial charge < -0.3 is 15.2 Å². The maximum atomic E-state index is 11.4. The molecule has 0 radical (unpaired) electrons. The normalized spacial score (nSPS) is 27.2. The minimum absolute atomic E-state index is 0.0589. The molecule has 0 saturated heterocycles. The third kappa shape index (κ3) is 5.02. The molecule has 0 unspecified atom stereocenters. The quantitative estimate of drug-likeness (QED) is 0.701. The Morgan fingerprint density at radius 1 is 1.40 bits per heavy atom. The zero-order chi connectivity index (χ0) is 11.5. The average molecular weight is 215 g/mol. The molecule has 0 aromatic carbocycles. The van der Waals surface area contributed by atoms with E-state index >= 15 is 0 Å². The molecule has 1 aliphatic carbocycles. The van der Waals surface area contributed by atoms with Crippen molar-refractivity contribution in [3.63, 3.8) is 0 Å². The number of alkyl carbamates (subject to hydrolysis) is 1. The molecule has 0 spiro atoms. The second-order valence-electron chi connectivity index (χ2n) is 5.16.